The standard InChI is InChI=1S/C11H24N2S/c1-11(2,12)6-4-7-13(3)10-5-8-14-9-10/h10H,4-9,12H2,1-3H3. The monoisotopic (exact) mass is 216 g/mol. The summed E-state index contributed by atoms with van der Waals surface area (Å²) in [6, 6.07) is 0.820. The van der Waals surface area contributed by atoms with Crippen LogP contribution in [0.2, 0.25) is 0 Å². The Morgan fingerprint density at radius 3 is 2.71 bits per heavy atom. The number of rotatable bonds is 5. The zero-order chi connectivity index (χ0) is 10.6. The molecule has 0 saturated carbocycles. The smallest absolute Gasteiger partial charge is 0.0191 e. The van der Waals surface area contributed by atoms with E-state index in [4.69, 9.17) is 5.73 Å². The molecule has 0 aromatic carbocycles. The van der Waals surface area contributed by atoms with Gasteiger partial charge >= 0.3 is 0 Å². The van der Waals surface area contributed by atoms with E-state index in [-0.39, 0.29) is 5.54 Å². The molecule has 0 amide bonds. The number of thioether (sulfide) groups is 1. The molecule has 1 fully saturated rings. The van der Waals surface area contributed by atoms with Gasteiger partial charge in [-0.15, -0.1) is 0 Å². The molecule has 1 aliphatic rings. The lowest BCUT2D eigenvalue weighted by molar-refractivity contribution is 0.249. The van der Waals surface area contributed by atoms with Gasteiger partial charge < -0.3 is 10.6 Å². The highest BCUT2D eigenvalue weighted by Crippen LogP contribution is 2.21. The van der Waals surface area contributed by atoms with Crippen molar-refractivity contribution in [3.63, 3.8) is 0 Å². The molecule has 1 atom stereocenters. The molecule has 14 heavy (non-hydrogen) atoms. The number of nitrogens with two attached hydrogens (primary N) is 1. The Bertz CT molecular complexity index is 159. The second-order valence-corrected chi connectivity index (χ2v) is 6.24. The fourth-order valence-electron chi connectivity index (χ4n) is 1.84. The predicted molar refractivity (Wildman–Crippen MR) is 65.9 cm³/mol. The molecular weight excluding hydrogens is 192 g/mol. The van der Waals surface area contributed by atoms with Crippen LogP contribution >= 0.6 is 11.8 Å². The lowest BCUT2D eigenvalue weighted by Crippen LogP contribution is -2.36. The molecule has 0 aromatic heterocycles. The molecule has 84 valence electrons. The lowest BCUT2D eigenvalue weighted by Gasteiger charge is -2.25. The largest absolute Gasteiger partial charge is 0.326 e. The van der Waals surface area contributed by atoms with E-state index in [1.807, 2.05) is 0 Å². The van der Waals surface area contributed by atoms with Gasteiger partial charge in [-0.2, -0.15) is 11.8 Å². The molecule has 1 rings (SSSR count). The fourth-order valence-corrected chi connectivity index (χ4v) is 3.13. The van der Waals surface area contributed by atoms with Crippen LogP contribution in [0.3, 0.4) is 0 Å². The van der Waals surface area contributed by atoms with Crippen LogP contribution in [0.1, 0.15) is 33.1 Å². The van der Waals surface area contributed by atoms with Crippen molar-refractivity contribution in [2.24, 2.45) is 5.73 Å². The van der Waals surface area contributed by atoms with Gasteiger partial charge in [-0.25, -0.2) is 0 Å². The minimum Gasteiger partial charge on any atom is -0.326 e. The first kappa shape index (κ1) is 12.3. The van der Waals surface area contributed by atoms with Crippen LogP contribution in [0.5, 0.6) is 0 Å². The highest BCUT2D eigenvalue weighted by atomic mass is 32.2. The first-order chi connectivity index (χ1) is 6.49. The van der Waals surface area contributed by atoms with Crippen molar-refractivity contribution in [1.82, 2.24) is 4.90 Å². The van der Waals surface area contributed by atoms with E-state index >= 15 is 0 Å². The minimum atomic E-state index is 0.00522. The van der Waals surface area contributed by atoms with Crippen molar-refractivity contribution in [2.45, 2.75) is 44.7 Å². The Labute approximate surface area is 92.6 Å². The van der Waals surface area contributed by atoms with Crippen molar-refractivity contribution < 1.29 is 0 Å². The molecule has 1 heterocycles. The Balaban J connectivity index is 2.11. The first-order valence-electron chi connectivity index (χ1n) is 5.56. The topological polar surface area (TPSA) is 29.3 Å². The van der Waals surface area contributed by atoms with Crippen LogP contribution in [0, 0.1) is 0 Å². The Hall–Kier alpha value is 0.270. The summed E-state index contributed by atoms with van der Waals surface area (Å²) >= 11 is 2.08. The lowest BCUT2D eigenvalue weighted by atomic mass is 10.00. The molecule has 0 aromatic rings. The highest BCUT2D eigenvalue weighted by Gasteiger charge is 2.20. The van der Waals surface area contributed by atoms with Crippen molar-refractivity contribution in [3.8, 4) is 0 Å². The quantitative estimate of drug-likeness (QED) is 0.761. The summed E-state index contributed by atoms with van der Waals surface area (Å²) < 4.78 is 0. The maximum absolute atomic E-state index is 5.95. The third-order valence-corrected chi connectivity index (χ3v) is 4.01. The molecule has 1 aliphatic heterocycles. The summed E-state index contributed by atoms with van der Waals surface area (Å²) in [6.07, 6.45) is 3.71. The Kier molecular flexibility index (Phi) is 4.74. The van der Waals surface area contributed by atoms with Gasteiger partial charge in [0.25, 0.3) is 0 Å². The Morgan fingerprint density at radius 1 is 1.50 bits per heavy atom. The maximum atomic E-state index is 5.95. The van der Waals surface area contributed by atoms with E-state index in [1.54, 1.807) is 0 Å². The van der Waals surface area contributed by atoms with E-state index in [1.165, 1.54) is 30.9 Å². The van der Waals surface area contributed by atoms with E-state index in [2.05, 4.69) is 37.6 Å². The van der Waals surface area contributed by atoms with Crippen molar-refractivity contribution in [3.05, 3.63) is 0 Å². The summed E-state index contributed by atoms with van der Waals surface area (Å²) in [5, 5.41) is 0. The average molecular weight is 216 g/mol. The number of hydrogen-bond donors (Lipinski definition) is 1. The molecule has 0 bridgehead atoms. The van der Waals surface area contributed by atoms with Gasteiger partial charge in [0.1, 0.15) is 0 Å². The third kappa shape index (κ3) is 4.67. The van der Waals surface area contributed by atoms with Gasteiger partial charge in [0.15, 0.2) is 0 Å². The maximum Gasteiger partial charge on any atom is 0.0191 e. The Morgan fingerprint density at radius 2 is 2.21 bits per heavy atom. The second kappa shape index (κ2) is 5.38. The number of hydrogen-bond acceptors (Lipinski definition) is 3. The zero-order valence-electron chi connectivity index (χ0n) is 9.75. The summed E-state index contributed by atoms with van der Waals surface area (Å²) in [6.45, 7) is 5.42. The van der Waals surface area contributed by atoms with E-state index in [9.17, 15) is 0 Å². The van der Waals surface area contributed by atoms with E-state index in [0.717, 1.165) is 12.5 Å². The van der Waals surface area contributed by atoms with E-state index < -0.39 is 0 Å². The fraction of sp³-hybridized carbons (Fsp3) is 1.00. The number of nitrogens with zero attached hydrogens (tertiary/aromatic N) is 1. The highest BCUT2D eigenvalue weighted by molar-refractivity contribution is 7.99. The molecule has 1 saturated heterocycles. The van der Waals surface area contributed by atoms with Crippen molar-refractivity contribution >= 4 is 11.8 Å². The zero-order valence-corrected chi connectivity index (χ0v) is 10.6. The van der Waals surface area contributed by atoms with Crippen LogP contribution in [0.25, 0.3) is 0 Å². The van der Waals surface area contributed by atoms with Gasteiger partial charge in [-0.3, -0.25) is 0 Å². The van der Waals surface area contributed by atoms with Gasteiger partial charge in [-0.05, 0) is 52.5 Å². The summed E-state index contributed by atoms with van der Waals surface area (Å²) in [4.78, 5) is 2.51. The van der Waals surface area contributed by atoms with Gasteiger partial charge in [-0.1, -0.05) is 0 Å². The van der Waals surface area contributed by atoms with Crippen LogP contribution in [-0.4, -0.2) is 41.6 Å². The van der Waals surface area contributed by atoms with Crippen LogP contribution < -0.4 is 5.73 Å². The van der Waals surface area contributed by atoms with E-state index in [0.29, 0.717) is 0 Å². The molecule has 1 unspecified atom stereocenters. The van der Waals surface area contributed by atoms with Crippen LogP contribution in [0.4, 0.5) is 0 Å². The molecule has 0 aliphatic carbocycles. The molecule has 2 nitrogen and oxygen atoms in total. The molecular formula is C11H24N2S. The van der Waals surface area contributed by atoms with Gasteiger partial charge in [0, 0.05) is 17.3 Å². The van der Waals surface area contributed by atoms with Gasteiger partial charge in [0.2, 0.25) is 0 Å². The molecule has 0 radical (unpaired) electrons. The third-order valence-electron chi connectivity index (χ3n) is 2.86. The van der Waals surface area contributed by atoms with Crippen molar-refractivity contribution in [1.29, 1.82) is 0 Å². The van der Waals surface area contributed by atoms with Crippen molar-refractivity contribution in [2.75, 3.05) is 25.1 Å². The summed E-state index contributed by atoms with van der Waals surface area (Å²) in [7, 11) is 2.25. The average Bonchev–Trinajstić information content (AvgIpc) is 2.53. The summed E-state index contributed by atoms with van der Waals surface area (Å²) in [5.74, 6) is 2.67. The van der Waals surface area contributed by atoms with Crippen LogP contribution in [-0.2, 0) is 0 Å². The molecule has 3 heteroatoms. The molecule has 2 N–H and O–H groups in total. The minimum absolute atomic E-state index is 0.00522. The molecule has 0 spiro atoms. The summed E-state index contributed by atoms with van der Waals surface area (Å²) in [5.41, 5.74) is 5.96. The van der Waals surface area contributed by atoms with Gasteiger partial charge in [0.05, 0.1) is 0 Å². The first-order valence-corrected chi connectivity index (χ1v) is 6.71. The second-order valence-electron chi connectivity index (χ2n) is 5.09. The predicted octanol–water partition coefficient (Wildman–Crippen LogP) is 1.94. The SMILES string of the molecule is CN(CCCC(C)(C)N)C1CCSC1. The normalized spacial score (nSPS) is 23.4. The van der Waals surface area contributed by atoms with Crippen LogP contribution in [0.15, 0.2) is 0 Å².